The highest BCUT2D eigenvalue weighted by Crippen LogP contribution is 2.36. The number of rotatable bonds is 8. The number of thiazole rings is 1. The van der Waals surface area contributed by atoms with E-state index in [0.717, 1.165) is 0 Å². The Morgan fingerprint density at radius 3 is 2.64 bits per heavy atom. The largest absolute Gasteiger partial charge is 0.493 e. The Hall–Kier alpha value is -3.98. The highest BCUT2D eigenvalue weighted by atomic mass is 32.1. The SMILES string of the molecule is C=CCOc1ccc(C2C(C(=O)OCC)=C(C)N=c3sc(=Cc4ccc(F)cc4)c(=O)n32)cc1OC. The number of aromatic nitrogens is 1. The third-order valence-electron chi connectivity index (χ3n) is 5.54. The maximum absolute atomic E-state index is 13.6. The molecule has 2 aromatic carbocycles. The minimum Gasteiger partial charge on any atom is -0.493 e. The molecule has 0 N–H and O–H groups in total. The maximum atomic E-state index is 13.6. The van der Waals surface area contributed by atoms with Crippen molar-refractivity contribution in [3.05, 3.63) is 103 Å². The number of carbonyl (C=O) groups is 1. The lowest BCUT2D eigenvalue weighted by Crippen LogP contribution is -2.40. The Kier molecular flexibility index (Phi) is 7.49. The summed E-state index contributed by atoms with van der Waals surface area (Å²) in [5.74, 6) is 0.0317. The minimum absolute atomic E-state index is 0.176. The number of benzene rings is 2. The fourth-order valence-corrected chi connectivity index (χ4v) is 4.99. The number of hydrogen-bond donors (Lipinski definition) is 0. The molecule has 0 fully saturated rings. The number of allylic oxidation sites excluding steroid dienone is 1. The van der Waals surface area contributed by atoms with Crippen molar-refractivity contribution >= 4 is 23.4 Å². The van der Waals surface area contributed by atoms with Gasteiger partial charge in [-0.15, -0.1) is 0 Å². The summed E-state index contributed by atoms with van der Waals surface area (Å²) in [6, 6.07) is 10.3. The number of nitrogens with zero attached hydrogens (tertiary/aromatic N) is 2. The van der Waals surface area contributed by atoms with E-state index < -0.39 is 12.0 Å². The number of halogens is 1. The zero-order chi connectivity index (χ0) is 25.8. The number of carbonyl (C=O) groups excluding carboxylic acids is 1. The number of methoxy groups -OCH3 is 1. The first-order chi connectivity index (χ1) is 17.4. The summed E-state index contributed by atoms with van der Waals surface area (Å²) in [6.07, 6.45) is 3.30. The predicted octanol–water partition coefficient (Wildman–Crippen LogP) is 3.51. The Morgan fingerprint density at radius 2 is 1.97 bits per heavy atom. The molecule has 1 aliphatic rings. The van der Waals surface area contributed by atoms with Gasteiger partial charge < -0.3 is 14.2 Å². The van der Waals surface area contributed by atoms with E-state index in [9.17, 15) is 14.0 Å². The molecule has 0 bridgehead atoms. The molecule has 3 aromatic rings. The molecule has 0 amide bonds. The molecule has 1 aliphatic heterocycles. The van der Waals surface area contributed by atoms with Crippen molar-refractivity contribution in [2.45, 2.75) is 19.9 Å². The van der Waals surface area contributed by atoms with E-state index in [1.807, 2.05) is 0 Å². The Morgan fingerprint density at radius 1 is 1.22 bits per heavy atom. The summed E-state index contributed by atoms with van der Waals surface area (Å²) in [7, 11) is 1.52. The second-order valence-corrected chi connectivity index (χ2v) is 8.87. The molecule has 0 aliphatic carbocycles. The van der Waals surface area contributed by atoms with E-state index in [0.29, 0.717) is 44.3 Å². The summed E-state index contributed by atoms with van der Waals surface area (Å²) >= 11 is 1.20. The lowest BCUT2D eigenvalue weighted by Gasteiger charge is -2.25. The molecular weight excluding hydrogens is 483 g/mol. The monoisotopic (exact) mass is 508 g/mol. The average Bonchev–Trinajstić information content (AvgIpc) is 3.17. The quantitative estimate of drug-likeness (QED) is 0.344. The Labute approximate surface area is 211 Å². The van der Waals surface area contributed by atoms with E-state index in [4.69, 9.17) is 14.2 Å². The smallest absolute Gasteiger partial charge is 0.338 e. The van der Waals surface area contributed by atoms with Gasteiger partial charge in [0.1, 0.15) is 12.4 Å². The highest BCUT2D eigenvalue weighted by Gasteiger charge is 2.33. The van der Waals surface area contributed by atoms with Gasteiger partial charge in [0.15, 0.2) is 16.3 Å². The molecule has 1 atom stereocenters. The van der Waals surface area contributed by atoms with E-state index in [2.05, 4.69) is 11.6 Å². The summed E-state index contributed by atoms with van der Waals surface area (Å²) in [5, 5.41) is 0. The molecule has 9 heteroatoms. The van der Waals surface area contributed by atoms with Gasteiger partial charge in [-0.05, 0) is 55.3 Å². The maximum Gasteiger partial charge on any atom is 0.338 e. The summed E-state index contributed by atoms with van der Waals surface area (Å²) in [4.78, 5) is 31.7. The zero-order valence-corrected chi connectivity index (χ0v) is 20.9. The predicted molar refractivity (Wildman–Crippen MR) is 135 cm³/mol. The van der Waals surface area contributed by atoms with E-state index in [-0.39, 0.29) is 23.6 Å². The molecule has 1 aromatic heterocycles. The van der Waals surface area contributed by atoms with Crippen molar-refractivity contribution in [3.8, 4) is 11.5 Å². The summed E-state index contributed by atoms with van der Waals surface area (Å²) < 4.78 is 31.7. The fraction of sp³-hybridized carbons (Fsp3) is 0.222. The van der Waals surface area contributed by atoms with Crippen LogP contribution in [0.4, 0.5) is 4.39 Å². The number of esters is 1. The van der Waals surface area contributed by atoms with Crippen LogP contribution in [-0.2, 0) is 9.53 Å². The van der Waals surface area contributed by atoms with Crippen molar-refractivity contribution in [1.29, 1.82) is 0 Å². The molecule has 0 saturated carbocycles. The third-order valence-corrected chi connectivity index (χ3v) is 6.53. The fourth-order valence-electron chi connectivity index (χ4n) is 3.94. The number of hydrogen-bond acceptors (Lipinski definition) is 7. The Balaban J connectivity index is 1.93. The van der Waals surface area contributed by atoms with Crippen LogP contribution in [0.15, 0.2) is 76.2 Å². The van der Waals surface area contributed by atoms with Crippen molar-refractivity contribution in [2.24, 2.45) is 4.99 Å². The van der Waals surface area contributed by atoms with E-state index in [1.54, 1.807) is 56.3 Å². The molecule has 0 spiro atoms. The van der Waals surface area contributed by atoms with Crippen LogP contribution in [0.5, 0.6) is 11.5 Å². The van der Waals surface area contributed by atoms with Gasteiger partial charge in [-0.25, -0.2) is 14.2 Å². The first kappa shape index (κ1) is 25.1. The topological polar surface area (TPSA) is 79.1 Å². The van der Waals surface area contributed by atoms with Crippen LogP contribution in [0.2, 0.25) is 0 Å². The van der Waals surface area contributed by atoms with Crippen LogP contribution in [0.1, 0.15) is 31.0 Å². The first-order valence-corrected chi connectivity index (χ1v) is 12.1. The van der Waals surface area contributed by atoms with Gasteiger partial charge in [0.05, 0.1) is 35.6 Å². The molecule has 7 nitrogen and oxygen atoms in total. The van der Waals surface area contributed by atoms with Gasteiger partial charge >= 0.3 is 5.97 Å². The van der Waals surface area contributed by atoms with Crippen LogP contribution in [0.3, 0.4) is 0 Å². The highest BCUT2D eigenvalue weighted by molar-refractivity contribution is 7.07. The van der Waals surface area contributed by atoms with Crippen LogP contribution < -0.4 is 24.4 Å². The Bertz CT molecular complexity index is 1520. The van der Waals surface area contributed by atoms with Crippen LogP contribution in [-0.4, -0.2) is 30.9 Å². The molecule has 4 rings (SSSR count). The van der Waals surface area contributed by atoms with Gasteiger partial charge in [-0.3, -0.25) is 9.36 Å². The minimum atomic E-state index is -0.793. The van der Waals surface area contributed by atoms with Gasteiger partial charge in [0.2, 0.25) is 0 Å². The van der Waals surface area contributed by atoms with Crippen molar-refractivity contribution in [1.82, 2.24) is 4.57 Å². The second-order valence-electron chi connectivity index (χ2n) is 7.86. The number of ether oxygens (including phenoxy) is 3. The zero-order valence-electron chi connectivity index (χ0n) is 20.1. The molecule has 36 heavy (non-hydrogen) atoms. The first-order valence-electron chi connectivity index (χ1n) is 11.2. The van der Waals surface area contributed by atoms with Gasteiger partial charge in [0.25, 0.3) is 5.56 Å². The van der Waals surface area contributed by atoms with E-state index >= 15 is 0 Å². The normalized spacial score (nSPS) is 15.2. The molecular formula is C27H25FN2O5S. The van der Waals surface area contributed by atoms with Crippen LogP contribution in [0, 0.1) is 5.82 Å². The molecule has 0 saturated heterocycles. The summed E-state index contributed by atoms with van der Waals surface area (Å²) in [5.41, 5.74) is 1.70. The van der Waals surface area contributed by atoms with Crippen molar-refractivity contribution in [3.63, 3.8) is 0 Å². The van der Waals surface area contributed by atoms with Crippen LogP contribution in [0.25, 0.3) is 6.08 Å². The average molecular weight is 509 g/mol. The van der Waals surface area contributed by atoms with Gasteiger partial charge in [-0.2, -0.15) is 0 Å². The molecule has 2 heterocycles. The van der Waals surface area contributed by atoms with Crippen molar-refractivity contribution in [2.75, 3.05) is 20.3 Å². The van der Waals surface area contributed by atoms with Crippen molar-refractivity contribution < 1.29 is 23.4 Å². The van der Waals surface area contributed by atoms with E-state index in [1.165, 1.54) is 35.1 Å². The van der Waals surface area contributed by atoms with Gasteiger partial charge in [-0.1, -0.05) is 42.2 Å². The lowest BCUT2D eigenvalue weighted by molar-refractivity contribution is -0.139. The standard InChI is InChI=1S/C27H25FN2O5S/c1-5-13-35-20-12-9-18(15-21(20)33-4)24-23(26(32)34-6-2)16(3)29-27-30(24)25(31)22(36-27)14-17-7-10-19(28)11-8-17/h5,7-12,14-15,24H,1,6,13H2,2-4H3. The summed E-state index contributed by atoms with van der Waals surface area (Å²) in [6.45, 7) is 7.56. The second kappa shape index (κ2) is 10.7. The third kappa shape index (κ3) is 4.87. The number of fused-ring (bicyclic) bond motifs is 1. The lowest BCUT2D eigenvalue weighted by atomic mass is 9.95. The molecule has 186 valence electrons. The molecule has 1 unspecified atom stereocenters. The van der Waals surface area contributed by atoms with Crippen LogP contribution >= 0.6 is 11.3 Å². The molecule has 0 radical (unpaired) electrons. The van der Waals surface area contributed by atoms with Gasteiger partial charge in [0, 0.05) is 0 Å².